The summed E-state index contributed by atoms with van der Waals surface area (Å²) in [4.78, 5) is 19.3. The molecule has 4 aromatic rings. The fourth-order valence-corrected chi connectivity index (χ4v) is 3.79. The van der Waals surface area contributed by atoms with Gasteiger partial charge in [0, 0.05) is 6.07 Å². The van der Waals surface area contributed by atoms with Crippen LogP contribution in [0.1, 0.15) is 11.3 Å². The van der Waals surface area contributed by atoms with Crippen LogP contribution in [-0.2, 0) is 17.8 Å². The van der Waals surface area contributed by atoms with Crippen molar-refractivity contribution in [3.63, 3.8) is 0 Å². The number of benzene rings is 2. The van der Waals surface area contributed by atoms with E-state index in [0.29, 0.717) is 16.6 Å². The average molecular weight is 396 g/mol. The number of rotatable bonds is 6. The molecule has 5 nitrogen and oxygen atoms in total. The van der Waals surface area contributed by atoms with Crippen LogP contribution < -0.4 is 9.64 Å². The maximum atomic E-state index is 13.2. The zero-order valence-electron chi connectivity index (χ0n) is 15.1. The molecule has 142 valence electrons. The van der Waals surface area contributed by atoms with E-state index >= 15 is 0 Å². The van der Waals surface area contributed by atoms with E-state index in [9.17, 15) is 9.18 Å². The van der Waals surface area contributed by atoms with Gasteiger partial charge in [0.25, 0.3) is 0 Å². The maximum absolute atomic E-state index is 13.2. The fraction of sp³-hybridized carbons (Fsp3) is 0.143. The SMILES string of the molecule is COc1ccc2sc(N(Cc3ccco3)C(=O)Cc3ccc(F)cc3)nc2c1. The van der Waals surface area contributed by atoms with Gasteiger partial charge in [-0.05, 0) is 42.0 Å². The van der Waals surface area contributed by atoms with Crippen molar-refractivity contribution in [1.82, 2.24) is 4.98 Å². The molecular weight excluding hydrogens is 379 g/mol. The molecule has 0 bridgehead atoms. The Kier molecular flexibility index (Phi) is 5.08. The number of carbonyl (C=O) groups excluding carboxylic acids is 1. The lowest BCUT2D eigenvalue weighted by Gasteiger charge is -2.18. The zero-order chi connectivity index (χ0) is 19.5. The number of anilines is 1. The number of furan rings is 1. The number of amides is 1. The molecule has 0 fully saturated rings. The molecular formula is C21H17FN2O3S. The Labute approximate surface area is 165 Å². The van der Waals surface area contributed by atoms with Gasteiger partial charge in [-0.1, -0.05) is 23.5 Å². The summed E-state index contributed by atoms with van der Waals surface area (Å²) in [5.41, 5.74) is 1.50. The third-order valence-electron chi connectivity index (χ3n) is 4.28. The molecule has 0 aliphatic heterocycles. The Morgan fingerprint density at radius 1 is 1.21 bits per heavy atom. The van der Waals surface area contributed by atoms with Crippen LogP contribution in [0.5, 0.6) is 5.75 Å². The van der Waals surface area contributed by atoms with Crippen LogP contribution in [0, 0.1) is 5.82 Å². The van der Waals surface area contributed by atoms with E-state index in [1.807, 2.05) is 24.3 Å². The first-order chi connectivity index (χ1) is 13.6. The summed E-state index contributed by atoms with van der Waals surface area (Å²) >= 11 is 1.42. The Balaban J connectivity index is 1.66. The average Bonchev–Trinajstić information content (AvgIpc) is 3.36. The van der Waals surface area contributed by atoms with Crippen molar-refractivity contribution in [2.75, 3.05) is 12.0 Å². The van der Waals surface area contributed by atoms with Gasteiger partial charge in [-0.2, -0.15) is 0 Å². The number of ether oxygens (including phenoxy) is 1. The van der Waals surface area contributed by atoms with Crippen molar-refractivity contribution < 1.29 is 18.3 Å². The van der Waals surface area contributed by atoms with Gasteiger partial charge in [0.05, 0.1) is 36.6 Å². The lowest BCUT2D eigenvalue weighted by molar-refractivity contribution is -0.118. The van der Waals surface area contributed by atoms with Gasteiger partial charge in [0.2, 0.25) is 5.91 Å². The number of carbonyl (C=O) groups is 1. The van der Waals surface area contributed by atoms with Gasteiger partial charge in [-0.3, -0.25) is 9.69 Å². The van der Waals surface area contributed by atoms with Crippen molar-refractivity contribution in [3.05, 3.63) is 78.0 Å². The van der Waals surface area contributed by atoms with E-state index in [4.69, 9.17) is 9.15 Å². The highest BCUT2D eigenvalue weighted by atomic mass is 32.1. The molecule has 0 aliphatic carbocycles. The number of aromatic nitrogens is 1. The number of nitrogens with zero attached hydrogens (tertiary/aromatic N) is 2. The summed E-state index contributed by atoms with van der Waals surface area (Å²) in [5.74, 6) is 0.890. The van der Waals surface area contributed by atoms with Crippen LogP contribution >= 0.6 is 11.3 Å². The monoisotopic (exact) mass is 396 g/mol. The van der Waals surface area contributed by atoms with Crippen molar-refractivity contribution in [2.45, 2.75) is 13.0 Å². The second-order valence-corrected chi connectivity index (χ2v) is 7.20. The molecule has 0 atom stereocenters. The van der Waals surface area contributed by atoms with Crippen molar-refractivity contribution in [1.29, 1.82) is 0 Å². The second-order valence-electron chi connectivity index (χ2n) is 6.19. The minimum Gasteiger partial charge on any atom is -0.497 e. The Morgan fingerprint density at radius 2 is 2.04 bits per heavy atom. The summed E-state index contributed by atoms with van der Waals surface area (Å²) < 4.78 is 24.8. The van der Waals surface area contributed by atoms with Crippen molar-refractivity contribution in [2.24, 2.45) is 0 Å². The Bertz CT molecular complexity index is 1090. The van der Waals surface area contributed by atoms with Crippen LogP contribution in [0.25, 0.3) is 10.2 Å². The molecule has 2 heterocycles. The van der Waals surface area contributed by atoms with Crippen molar-refractivity contribution in [3.8, 4) is 5.75 Å². The molecule has 28 heavy (non-hydrogen) atoms. The first kappa shape index (κ1) is 18.2. The van der Waals surface area contributed by atoms with Crippen LogP contribution in [0.3, 0.4) is 0 Å². The van der Waals surface area contributed by atoms with Crippen LogP contribution in [0.15, 0.2) is 65.3 Å². The third kappa shape index (κ3) is 3.89. The highest BCUT2D eigenvalue weighted by molar-refractivity contribution is 7.22. The van der Waals surface area contributed by atoms with E-state index in [-0.39, 0.29) is 24.7 Å². The molecule has 0 radical (unpaired) electrons. The Morgan fingerprint density at radius 3 is 2.75 bits per heavy atom. The maximum Gasteiger partial charge on any atom is 0.233 e. The molecule has 7 heteroatoms. The lowest BCUT2D eigenvalue weighted by atomic mass is 10.1. The molecule has 0 N–H and O–H groups in total. The molecule has 0 saturated heterocycles. The molecule has 0 spiro atoms. The smallest absolute Gasteiger partial charge is 0.233 e. The van der Waals surface area contributed by atoms with Crippen LogP contribution in [0.4, 0.5) is 9.52 Å². The van der Waals surface area contributed by atoms with Gasteiger partial charge in [-0.25, -0.2) is 9.37 Å². The zero-order valence-corrected chi connectivity index (χ0v) is 15.9. The molecule has 0 unspecified atom stereocenters. The summed E-state index contributed by atoms with van der Waals surface area (Å²) in [6.07, 6.45) is 1.71. The lowest BCUT2D eigenvalue weighted by Crippen LogP contribution is -2.31. The molecule has 0 saturated carbocycles. The summed E-state index contributed by atoms with van der Waals surface area (Å²) in [6.45, 7) is 0.268. The summed E-state index contributed by atoms with van der Waals surface area (Å²) in [5, 5.41) is 0.576. The van der Waals surface area contributed by atoms with Gasteiger partial charge in [0.15, 0.2) is 5.13 Å². The highest BCUT2D eigenvalue weighted by Gasteiger charge is 2.22. The van der Waals surface area contributed by atoms with E-state index in [1.54, 1.807) is 36.5 Å². The highest BCUT2D eigenvalue weighted by Crippen LogP contribution is 2.32. The molecule has 1 amide bonds. The predicted octanol–water partition coefficient (Wildman–Crippen LogP) is 4.81. The molecule has 2 aromatic heterocycles. The third-order valence-corrected chi connectivity index (χ3v) is 5.34. The van der Waals surface area contributed by atoms with E-state index < -0.39 is 0 Å². The standard InChI is InChI=1S/C21H17FN2O3S/c1-26-16-8-9-19-18(12-16)23-21(28-19)24(13-17-3-2-10-27-17)20(25)11-14-4-6-15(22)7-5-14/h2-10,12H,11,13H2,1H3. The number of halogens is 1. The largest absolute Gasteiger partial charge is 0.497 e. The van der Waals surface area contributed by atoms with Crippen LogP contribution in [0.2, 0.25) is 0 Å². The minimum atomic E-state index is -0.330. The summed E-state index contributed by atoms with van der Waals surface area (Å²) in [6, 6.07) is 15.1. The van der Waals surface area contributed by atoms with Gasteiger partial charge in [0.1, 0.15) is 17.3 Å². The van der Waals surface area contributed by atoms with Crippen LogP contribution in [-0.4, -0.2) is 18.0 Å². The fourth-order valence-electron chi connectivity index (χ4n) is 2.83. The second kappa shape index (κ2) is 7.82. The molecule has 2 aromatic carbocycles. The number of methoxy groups -OCH3 is 1. The number of hydrogen-bond donors (Lipinski definition) is 0. The summed E-state index contributed by atoms with van der Waals surface area (Å²) in [7, 11) is 1.60. The topological polar surface area (TPSA) is 55.6 Å². The normalized spacial score (nSPS) is 10.9. The van der Waals surface area contributed by atoms with Gasteiger partial charge < -0.3 is 9.15 Å². The quantitative estimate of drug-likeness (QED) is 0.469. The molecule has 4 rings (SSSR count). The first-order valence-corrected chi connectivity index (χ1v) is 9.46. The predicted molar refractivity (Wildman–Crippen MR) is 106 cm³/mol. The minimum absolute atomic E-state index is 0.139. The Hall–Kier alpha value is -3.19. The number of hydrogen-bond acceptors (Lipinski definition) is 5. The van der Waals surface area contributed by atoms with E-state index in [1.165, 1.54) is 23.5 Å². The molecule has 0 aliphatic rings. The van der Waals surface area contributed by atoms with E-state index in [0.717, 1.165) is 15.8 Å². The van der Waals surface area contributed by atoms with Gasteiger partial charge in [-0.15, -0.1) is 0 Å². The van der Waals surface area contributed by atoms with E-state index in [2.05, 4.69) is 4.98 Å². The number of thiazole rings is 1. The number of fused-ring (bicyclic) bond motifs is 1. The first-order valence-electron chi connectivity index (χ1n) is 8.64. The van der Waals surface area contributed by atoms with Gasteiger partial charge >= 0.3 is 0 Å². The van der Waals surface area contributed by atoms with Crippen molar-refractivity contribution >= 4 is 32.6 Å².